The predicted octanol–water partition coefficient (Wildman–Crippen LogP) is 3.32. The lowest BCUT2D eigenvalue weighted by Crippen LogP contribution is -2.48. The van der Waals surface area contributed by atoms with Crippen LogP contribution in [0.15, 0.2) is 54.7 Å². The summed E-state index contributed by atoms with van der Waals surface area (Å²) in [6.07, 6.45) is 4.56. The van der Waals surface area contributed by atoms with E-state index in [1.165, 1.54) is 12.8 Å². The summed E-state index contributed by atoms with van der Waals surface area (Å²) in [6.45, 7) is 5.52. The first kappa shape index (κ1) is 20.8. The van der Waals surface area contributed by atoms with Crippen LogP contribution < -0.4 is 5.32 Å². The Balaban J connectivity index is 1.46. The molecule has 6 nitrogen and oxygen atoms in total. The molecule has 3 aromatic rings. The summed E-state index contributed by atoms with van der Waals surface area (Å²) in [5.74, 6) is -0.184. The SMILES string of the molecule is CC(C(=O)NCCN1CCCC1)N1C(=O)c2ccccc2C1c1cn(C)c2ccccc12. The Kier molecular flexibility index (Phi) is 5.47. The van der Waals surface area contributed by atoms with E-state index in [1.54, 1.807) is 4.90 Å². The zero-order valence-corrected chi connectivity index (χ0v) is 18.8. The van der Waals surface area contributed by atoms with Crippen molar-refractivity contribution in [3.8, 4) is 0 Å². The fourth-order valence-corrected chi connectivity index (χ4v) is 5.26. The fourth-order valence-electron chi connectivity index (χ4n) is 5.26. The second kappa shape index (κ2) is 8.43. The van der Waals surface area contributed by atoms with E-state index < -0.39 is 6.04 Å². The molecule has 6 heteroatoms. The van der Waals surface area contributed by atoms with Gasteiger partial charge in [0.25, 0.3) is 5.91 Å². The summed E-state index contributed by atoms with van der Waals surface area (Å²) in [7, 11) is 2.02. The van der Waals surface area contributed by atoms with Gasteiger partial charge >= 0.3 is 0 Å². The average Bonchev–Trinajstić information content (AvgIpc) is 3.51. The third-order valence-electron chi connectivity index (χ3n) is 6.94. The number of fused-ring (bicyclic) bond motifs is 2. The molecule has 2 aliphatic heterocycles. The molecule has 3 heterocycles. The Bertz CT molecular complexity index is 1160. The zero-order chi connectivity index (χ0) is 22.2. The first-order valence-corrected chi connectivity index (χ1v) is 11.5. The molecule has 0 saturated carbocycles. The maximum absolute atomic E-state index is 13.5. The Morgan fingerprint density at radius 1 is 1.06 bits per heavy atom. The number of aryl methyl sites for hydroxylation is 1. The number of carbonyl (C=O) groups excluding carboxylic acids is 2. The molecule has 0 bridgehead atoms. The van der Waals surface area contributed by atoms with E-state index in [2.05, 4.69) is 33.1 Å². The number of para-hydroxylation sites is 1. The quantitative estimate of drug-likeness (QED) is 0.653. The van der Waals surface area contributed by atoms with E-state index in [1.807, 2.05) is 50.4 Å². The van der Waals surface area contributed by atoms with E-state index in [4.69, 9.17) is 0 Å². The molecule has 0 aliphatic carbocycles. The first-order chi connectivity index (χ1) is 15.6. The number of amides is 2. The molecule has 166 valence electrons. The molecule has 2 amide bonds. The molecule has 2 unspecified atom stereocenters. The van der Waals surface area contributed by atoms with Gasteiger partial charge in [-0.1, -0.05) is 36.4 Å². The van der Waals surface area contributed by atoms with Gasteiger partial charge in [-0.25, -0.2) is 0 Å². The van der Waals surface area contributed by atoms with Gasteiger partial charge in [0, 0.05) is 48.4 Å². The number of aromatic nitrogens is 1. The Hall–Kier alpha value is -3.12. The lowest BCUT2D eigenvalue weighted by Gasteiger charge is -2.31. The maximum Gasteiger partial charge on any atom is 0.255 e. The van der Waals surface area contributed by atoms with Gasteiger partial charge in [-0.3, -0.25) is 9.59 Å². The molecule has 0 radical (unpaired) electrons. The molecule has 1 aromatic heterocycles. The highest BCUT2D eigenvalue weighted by Gasteiger charge is 2.43. The molecule has 5 rings (SSSR count). The summed E-state index contributed by atoms with van der Waals surface area (Å²) in [4.78, 5) is 30.7. The molecule has 2 aliphatic rings. The summed E-state index contributed by atoms with van der Waals surface area (Å²) < 4.78 is 2.09. The molecule has 2 aromatic carbocycles. The number of rotatable bonds is 6. The number of nitrogens with zero attached hydrogens (tertiary/aromatic N) is 3. The summed E-state index contributed by atoms with van der Waals surface area (Å²) >= 11 is 0. The van der Waals surface area contributed by atoms with Gasteiger partial charge in [0.2, 0.25) is 5.91 Å². The van der Waals surface area contributed by atoms with E-state index in [0.717, 1.165) is 41.7 Å². The van der Waals surface area contributed by atoms with Crippen LogP contribution in [0, 0.1) is 0 Å². The van der Waals surface area contributed by atoms with Crippen LogP contribution in [0.25, 0.3) is 10.9 Å². The number of nitrogens with one attached hydrogen (secondary N) is 1. The van der Waals surface area contributed by atoms with E-state index in [-0.39, 0.29) is 17.9 Å². The number of hydrogen-bond donors (Lipinski definition) is 1. The van der Waals surface area contributed by atoms with Gasteiger partial charge < -0.3 is 19.7 Å². The minimum atomic E-state index is -0.572. The van der Waals surface area contributed by atoms with Gasteiger partial charge in [0.15, 0.2) is 0 Å². The van der Waals surface area contributed by atoms with Crippen molar-refractivity contribution in [2.75, 3.05) is 26.2 Å². The van der Waals surface area contributed by atoms with Crippen molar-refractivity contribution in [2.24, 2.45) is 7.05 Å². The molecular formula is C26H30N4O2. The Morgan fingerprint density at radius 3 is 2.59 bits per heavy atom. The van der Waals surface area contributed by atoms with Crippen LogP contribution in [0.3, 0.4) is 0 Å². The summed E-state index contributed by atoms with van der Waals surface area (Å²) in [6, 6.07) is 15.1. The maximum atomic E-state index is 13.5. The van der Waals surface area contributed by atoms with Crippen LogP contribution in [0.4, 0.5) is 0 Å². The van der Waals surface area contributed by atoms with Crippen LogP contribution in [0.2, 0.25) is 0 Å². The van der Waals surface area contributed by atoms with Crippen molar-refractivity contribution in [1.82, 2.24) is 19.7 Å². The molecule has 0 spiro atoms. The normalized spacial score (nSPS) is 19.5. The number of hydrogen-bond acceptors (Lipinski definition) is 3. The van der Waals surface area contributed by atoms with Crippen molar-refractivity contribution < 1.29 is 9.59 Å². The van der Waals surface area contributed by atoms with Crippen LogP contribution >= 0.6 is 0 Å². The van der Waals surface area contributed by atoms with Gasteiger partial charge in [-0.15, -0.1) is 0 Å². The second-order valence-electron chi connectivity index (χ2n) is 8.93. The summed E-state index contributed by atoms with van der Waals surface area (Å²) in [5.41, 5.74) is 3.81. The number of carbonyl (C=O) groups is 2. The van der Waals surface area contributed by atoms with Crippen LogP contribution in [0.1, 0.15) is 47.3 Å². The molecular weight excluding hydrogens is 400 g/mol. The van der Waals surface area contributed by atoms with E-state index in [9.17, 15) is 9.59 Å². The largest absolute Gasteiger partial charge is 0.353 e. The van der Waals surface area contributed by atoms with Gasteiger partial charge in [0.1, 0.15) is 6.04 Å². The van der Waals surface area contributed by atoms with E-state index >= 15 is 0 Å². The molecule has 1 fully saturated rings. The molecule has 2 atom stereocenters. The highest BCUT2D eigenvalue weighted by Crippen LogP contribution is 2.42. The second-order valence-corrected chi connectivity index (χ2v) is 8.93. The molecule has 1 N–H and O–H groups in total. The predicted molar refractivity (Wildman–Crippen MR) is 126 cm³/mol. The highest BCUT2D eigenvalue weighted by molar-refractivity contribution is 6.03. The molecule has 1 saturated heterocycles. The Morgan fingerprint density at radius 2 is 1.78 bits per heavy atom. The van der Waals surface area contributed by atoms with Crippen molar-refractivity contribution in [1.29, 1.82) is 0 Å². The Labute approximate surface area is 188 Å². The zero-order valence-electron chi connectivity index (χ0n) is 18.8. The minimum Gasteiger partial charge on any atom is -0.353 e. The van der Waals surface area contributed by atoms with Crippen molar-refractivity contribution in [3.05, 3.63) is 71.4 Å². The average molecular weight is 431 g/mol. The smallest absolute Gasteiger partial charge is 0.255 e. The van der Waals surface area contributed by atoms with Crippen molar-refractivity contribution in [2.45, 2.75) is 31.8 Å². The van der Waals surface area contributed by atoms with Crippen molar-refractivity contribution >= 4 is 22.7 Å². The lowest BCUT2D eigenvalue weighted by atomic mass is 9.97. The lowest BCUT2D eigenvalue weighted by molar-refractivity contribution is -0.125. The van der Waals surface area contributed by atoms with Gasteiger partial charge in [0.05, 0.1) is 6.04 Å². The number of likely N-dealkylation sites (tertiary alicyclic amines) is 1. The minimum absolute atomic E-state index is 0.0827. The third-order valence-corrected chi connectivity index (χ3v) is 6.94. The van der Waals surface area contributed by atoms with Gasteiger partial charge in [-0.2, -0.15) is 0 Å². The molecule has 32 heavy (non-hydrogen) atoms. The fraction of sp³-hybridized carbons (Fsp3) is 0.385. The summed E-state index contributed by atoms with van der Waals surface area (Å²) in [5, 5.41) is 4.18. The van der Waals surface area contributed by atoms with Crippen molar-refractivity contribution in [3.63, 3.8) is 0 Å². The monoisotopic (exact) mass is 430 g/mol. The third kappa shape index (κ3) is 3.48. The van der Waals surface area contributed by atoms with Gasteiger partial charge in [-0.05, 0) is 50.6 Å². The van der Waals surface area contributed by atoms with Crippen LogP contribution in [-0.2, 0) is 11.8 Å². The topological polar surface area (TPSA) is 57.6 Å². The van der Waals surface area contributed by atoms with Crippen LogP contribution in [-0.4, -0.2) is 58.4 Å². The standard InChI is InChI=1S/C26H30N4O2/c1-18(25(31)27-13-16-29-14-7-8-15-29)30-24(20-10-3-4-11-21(20)26(30)32)22-17-28(2)23-12-6-5-9-19(22)23/h3-6,9-12,17-18,24H,7-8,13-16H2,1-2H3,(H,27,31). The highest BCUT2D eigenvalue weighted by atomic mass is 16.2. The first-order valence-electron chi connectivity index (χ1n) is 11.5. The van der Waals surface area contributed by atoms with Crippen LogP contribution in [0.5, 0.6) is 0 Å². The van der Waals surface area contributed by atoms with E-state index in [0.29, 0.717) is 12.1 Å². The number of benzene rings is 2.